The fraction of sp³-hybridized carbons (Fsp3) is 0.786. The molecule has 67 heavy (non-hydrogen) atoms. The molecule has 1 rings (SSSR count). The summed E-state index contributed by atoms with van der Waals surface area (Å²) in [4.78, 5) is 25.0. The Morgan fingerprint density at radius 3 is 1.63 bits per heavy atom. The van der Waals surface area contributed by atoms with Crippen LogP contribution in [-0.2, 0) is 23.8 Å². The molecule has 1 fully saturated rings. The maximum absolute atomic E-state index is 12.9. The summed E-state index contributed by atoms with van der Waals surface area (Å²) in [6.45, 7) is 4.15. The topological polar surface area (TPSA) is 175 Å². The van der Waals surface area contributed by atoms with Crippen LogP contribution in [0.4, 0.5) is 0 Å². The van der Waals surface area contributed by atoms with Crippen molar-refractivity contribution in [2.24, 2.45) is 0 Å². The number of aliphatic hydroxyl groups excluding tert-OH is 5. The van der Waals surface area contributed by atoms with Gasteiger partial charge in [-0.3, -0.25) is 9.59 Å². The van der Waals surface area contributed by atoms with Crippen LogP contribution >= 0.6 is 0 Å². The number of aliphatic hydroxyl groups is 5. The first-order valence-electron chi connectivity index (χ1n) is 27.1. The highest BCUT2D eigenvalue weighted by atomic mass is 16.7. The summed E-state index contributed by atoms with van der Waals surface area (Å²) >= 11 is 0. The zero-order chi connectivity index (χ0) is 48.8. The Morgan fingerprint density at radius 1 is 0.552 bits per heavy atom. The molecule has 11 heteroatoms. The summed E-state index contributed by atoms with van der Waals surface area (Å²) in [5.41, 5.74) is 0. The highest BCUT2D eigenvalue weighted by molar-refractivity contribution is 5.76. The molecular formula is C56H99NO10. The minimum absolute atomic E-state index is 0.0451. The van der Waals surface area contributed by atoms with Gasteiger partial charge in [0.05, 0.1) is 32.0 Å². The normalized spacial score (nSPS) is 20.0. The van der Waals surface area contributed by atoms with Crippen molar-refractivity contribution < 1.29 is 49.3 Å². The van der Waals surface area contributed by atoms with E-state index in [4.69, 9.17) is 14.2 Å². The largest absolute Gasteiger partial charge is 0.466 e. The van der Waals surface area contributed by atoms with E-state index in [9.17, 15) is 35.1 Å². The number of hydrogen-bond acceptors (Lipinski definition) is 10. The van der Waals surface area contributed by atoms with Gasteiger partial charge in [-0.05, 0) is 89.9 Å². The van der Waals surface area contributed by atoms with E-state index in [2.05, 4.69) is 55.6 Å². The van der Waals surface area contributed by atoms with Crippen LogP contribution in [0.2, 0.25) is 0 Å². The van der Waals surface area contributed by atoms with E-state index in [0.29, 0.717) is 25.9 Å². The van der Waals surface area contributed by atoms with Gasteiger partial charge in [-0.15, -0.1) is 0 Å². The van der Waals surface area contributed by atoms with Gasteiger partial charge >= 0.3 is 5.97 Å². The van der Waals surface area contributed by atoms with Gasteiger partial charge in [-0.25, -0.2) is 0 Å². The summed E-state index contributed by atoms with van der Waals surface area (Å²) < 4.78 is 16.6. The van der Waals surface area contributed by atoms with Crippen molar-refractivity contribution in [3.63, 3.8) is 0 Å². The molecule has 0 bridgehead atoms. The monoisotopic (exact) mass is 946 g/mol. The number of unbranched alkanes of at least 4 members (excludes halogenated alkanes) is 23. The Balaban J connectivity index is 2.14. The maximum Gasteiger partial charge on any atom is 0.305 e. The van der Waals surface area contributed by atoms with Crippen LogP contribution in [0, 0.1) is 0 Å². The summed E-state index contributed by atoms with van der Waals surface area (Å²) in [5, 5.41) is 54.0. The lowest BCUT2D eigenvalue weighted by Crippen LogP contribution is -2.60. The third-order valence-electron chi connectivity index (χ3n) is 12.3. The fourth-order valence-corrected chi connectivity index (χ4v) is 7.96. The molecule has 1 amide bonds. The van der Waals surface area contributed by atoms with Crippen LogP contribution in [0.5, 0.6) is 0 Å². The molecule has 0 aromatic carbocycles. The lowest BCUT2D eigenvalue weighted by atomic mass is 9.99. The maximum atomic E-state index is 12.9. The van der Waals surface area contributed by atoms with Crippen LogP contribution in [0.1, 0.15) is 219 Å². The lowest BCUT2D eigenvalue weighted by Gasteiger charge is -2.40. The van der Waals surface area contributed by atoms with E-state index < -0.39 is 49.5 Å². The van der Waals surface area contributed by atoms with Crippen LogP contribution < -0.4 is 5.32 Å². The first-order chi connectivity index (χ1) is 32.7. The molecule has 11 nitrogen and oxygen atoms in total. The molecule has 1 heterocycles. The number of ether oxygens (including phenoxy) is 3. The predicted octanol–water partition coefficient (Wildman–Crippen LogP) is 11.5. The number of rotatable bonds is 45. The average molecular weight is 946 g/mol. The Labute approximate surface area is 408 Å². The molecule has 0 radical (unpaired) electrons. The van der Waals surface area contributed by atoms with Crippen molar-refractivity contribution in [1.82, 2.24) is 5.32 Å². The minimum Gasteiger partial charge on any atom is -0.466 e. The SMILES string of the molecule is CCCCC/C=C/CC/C=C/C(O)C(COC1OC(CO)C(O)C(O)C1O)NC(=O)CC/C=C\C/C=C\CCCCCCCCOC(=O)CCCCCCCCC/C=C\CCCCCCCC. The average Bonchev–Trinajstić information content (AvgIpc) is 3.32. The number of hydrogen-bond donors (Lipinski definition) is 6. The zero-order valence-electron chi connectivity index (χ0n) is 42.3. The third kappa shape index (κ3) is 36.0. The van der Waals surface area contributed by atoms with Crippen LogP contribution in [0.25, 0.3) is 0 Å². The second-order valence-corrected chi connectivity index (χ2v) is 18.6. The first kappa shape index (κ1) is 62.4. The predicted molar refractivity (Wildman–Crippen MR) is 273 cm³/mol. The zero-order valence-corrected chi connectivity index (χ0v) is 42.3. The first-order valence-corrected chi connectivity index (χ1v) is 27.1. The van der Waals surface area contributed by atoms with Gasteiger partial charge in [0, 0.05) is 12.8 Å². The summed E-state index contributed by atoms with van der Waals surface area (Å²) in [6, 6.07) is -0.871. The molecule has 1 aliphatic heterocycles. The number of esters is 1. The molecule has 0 aromatic rings. The fourth-order valence-electron chi connectivity index (χ4n) is 7.96. The molecule has 7 unspecified atom stereocenters. The number of amides is 1. The van der Waals surface area contributed by atoms with Crippen molar-refractivity contribution in [3.8, 4) is 0 Å². The second-order valence-electron chi connectivity index (χ2n) is 18.6. The number of allylic oxidation sites excluding steroid dienone is 9. The van der Waals surface area contributed by atoms with Crippen molar-refractivity contribution in [3.05, 3.63) is 60.8 Å². The number of carbonyl (C=O) groups is 2. The Kier molecular flexibility index (Phi) is 42.6. The minimum atomic E-state index is -1.59. The molecule has 6 N–H and O–H groups in total. The molecule has 0 aromatic heterocycles. The molecule has 0 aliphatic carbocycles. The van der Waals surface area contributed by atoms with E-state index in [1.165, 1.54) is 116 Å². The van der Waals surface area contributed by atoms with Crippen molar-refractivity contribution in [2.75, 3.05) is 19.8 Å². The molecule has 0 spiro atoms. The molecule has 1 saturated heterocycles. The Hall–Kier alpha value is -2.64. The highest BCUT2D eigenvalue weighted by Crippen LogP contribution is 2.22. The van der Waals surface area contributed by atoms with Crippen molar-refractivity contribution in [2.45, 2.75) is 262 Å². The second kappa shape index (κ2) is 45.8. The van der Waals surface area contributed by atoms with Gasteiger partial charge in [0.25, 0.3) is 0 Å². The number of nitrogens with one attached hydrogen (secondary N) is 1. The molecular weight excluding hydrogens is 847 g/mol. The highest BCUT2D eigenvalue weighted by Gasteiger charge is 2.44. The van der Waals surface area contributed by atoms with E-state index in [1.54, 1.807) is 6.08 Å². The molecule has 0 saturated carbocycles. The van der Waals surface area contributed by atoms with Gasteiger partial charge in [0.1, 0.15) is 24.4 Å². The van der Waals surface area contributed by atoms with Gasteiger partial charge < -0.3 is 45.1 Å². The third-order valence-corrected chi connectivity index (χ3v) is 12.3. The van der Waals surface area contributed by atoms with Gasteiger partial charge in [-0.1, -0.05) is 177 Å². The Bertz CT molecular complexity index is 1300. The van der Waals surface area contributed by atoms with Gasteiger partial charge in [0.15, 0.2) is 6.29 Å². The van der Waals surface area contributed by atoms with E-state index in [0.717, 1.165) is 64.2 Å². The van der Waals surface area contributed by atoms with Crippen LogP contribution in [-0.4, -0.2) is 100 Å². The van der Waals surface area contributed by atoms with Gasteiger partial charge in [0.2, 0.25) is 5.91 Å². The summed E-state index contributed by atoms with van der Waals surface area (Å²) in [5.74, 6) is -0.322. The summed E-state index contributed by atoms with van der Waals surface area (Å²) in [7, 11) is 0. The van der Waals surface area contributed by atoms with Crippen LogP contribution in [0.15, 0.2) is 60.8 Å². The van der Waals surface area contributed by atoms with Crippen molar-refractivity contribution >= 4 is 11.9 Å². The Morgan fingerprint density at radius 2 is 1.03 bits per heavy atom. The number of carbonyl (C=O) groups excluding carboxylic acids is 2. The summed E-state index contributed by atoms with van der Waals surface area (Å²) in [6.07, 6.45) is 47.6. The quantitative estimate of drug-likeness (QED) is 0.0196. The van der Waals surface area contributed by atoms with E-state index >= 15 is 0 Å². The lowest BCUT2D eigenvalue weighted by molar-refractivity contribution is -0.302. The van der Waals surface area contributed by atoms with E-state index in [1.807, 2.05) is 18.2 Å². The molecule has 388 valence electrons. The van der Waals surface area contributed by atoms with Crippen molar-refractivity contribution in [1.29, 1.82) is 0 Å². The van der Waals surface area contributed by atoms with Crippen LogP contribution in [0.3, 0.4) is 0 Å². The standard InChI is InChI=1S/C56H99NO10/c1-3-5-7-9-11-13-14-15-16-17-18-21-24-28-32-36-40-44-52(61)65-45-41-37-33-29-25-22-19-20-23-27-31-35-39-43-51(60)57-48(49(59)42-38-34-30-26-12-10-8-6-4-2)47-66-56-55(64)54(63)53(62)50(46-58)67-56/h12,15-16,20,23,26,31,35,38,42,48-50,53-56,58-59,62-64H,3-11,13-14,17-19,21-22,24-25,27-30,32-34,36-37,39-41,43-47H2,1-2H3,(H,57,60)/b16-15-,23-20-,26-12+,35-31-,42-38+. The molecule has 1 aliphatic rings. The smallest absolute Gasteiger partial charge is 0.305 e. The van der Waals surface area contributed by atoms with E-state index in [-0.39, 0.29) is 24.9 Å². The molecule has 7 atom stereocenters. The van der Waals surface area contributed by atoms with Gasteiger partial charge in [-0.2, -0.15) is 0 Å².